The normalized spacial score (nSPS) is 10.4. The van der Waals surface area contributed by atoms with Crippen LogP contribution < -0.4 is 4.74 Å². The van der Waals surface area contributed by atoms with Crippen molar-refractivity contribution < 1.29 is 14.1 Å². The summed E-state index contributed by atoms with van der Waals surface area (Å²) in [6, 6.07) is 2.51. The van der Waals surface area contributed by atoms with Crippen LogP contribution in [0, 0.1) is 15.9 Å². The Balaban J connectivity index is 2.59. The number of ether oxygens (including phenoxy) is 1. The molecule has 1 heterocycles. The maximum absolute atomic E-state index is 13.7. The van der Waals surface area contributed by atoms with Crippen LogP contribution in [0.5, 0.6) is 5.75 Å². The van der Waals surface area contributed by atoms with Crippen LogP contribution in [-0.4, -0.2) is 21.8 Å². The first kappa shape index (κ1) is 12.0. The Morgan fingerprint density at radius 1 is 1.44 bits per heavy atom. The summed E-state index contributed by atoms with van der Waals surface area (Å²) in [6.45, 7) is 0. The molecule has 2 aromatic rings. The monoisotopic (exact) mass is 251 g/mol. The van der Waals surface area contributed by atoms with E-state index in [1.165, 1.54) is 13.2 Å². The zero-order chi connectivity index (χ0) is 13.3. The molecular formula is C11H10FN3O3. The molecule has 0 saturated heterocycles. The van der Waals surface area contributed by atoms with E-state index in [0.717, 1.165) is 6.07 Å². The molecule has 0 aliphatic rings. The van der Waals surface area contributed by atoms with Crippen molar-refractivity contribution in [2.45, 2.75) is 0 Å². The van der Waals surface area contributed by atoms with E-state index in [9.17, 15) is 14.5 Å². The number of hydrogen-bond acceptors (Lipinski definition) is 4. The van der Waals surface area contributed by atoms with Gasteiger partial charge in [-0.15, -0.1) is 0 Å². The van der Waals surface area contributed by atoms with Crippen LogP contribution in [0.3, 0.4) is 0 Å². The first-order chi connectivity index (χ1) is 8.52. The fourth-order valence-corrected chi connectivity index (χ4v) is 1.64. The van der Waals surface area contributed by atoms with Gasteiger partial charge in [0.2, 0.25) is 11.6 Å². The highest BCUT2D eigenvalue weighted by atomic mass is 19.1. The predicted octanol–water partition coefficient (Wildman–Crippen LogP) is 2.14. The molecule has 2 rings (SSSR count). The zero-order valence-corrected chi connectivity index (χ0v) is 9.75. The Kier molecular flexibility index (Phi) is 2.97. The lowest BCUT2D eigenvalue weighted by atomic mass is 10.1. The van der Waals surface area contributed by atoms with Crippen LogP contribution in [0.1, 0.15) is 0 Å². The van der Waals surface area contributed by atoms with E-state index in [1.54, 1.807) is 24.1 Å². The summed E-state index contributed by atoms with van der Waals surface area (Å²) in [5, 5.41) is 14.7. The molecule has 94 valence electrons. The minimum absolute atomic E-state index is 0.112. The van der Waals surface area contributed by atoms with E-state index in [0.29, 0.717) is 11.1 Å². The Morgan fingerprint density at radius 2 is 2.17 bits per heavy atom. The molecule has 0 N–H and O–H groups in total. The van der Waals surface area contributed by atoms with Crippen molar-refractivity contribution in [3.8, 4) is 16.9 Å². The van der Waals surface area contributed by atoms with Crippen molar-refractivity contribution in [2.75, 3.05) is 7.11 Å². The second kappa shape index (κ2) is 4.44. The summed E-state index contributed by atoms with van der Waals surface area (Å²) < 4.78 is 20.1. The van der Waals surface area contributed by atoms with Crippen LogP contribution in [0.25, 0.3) is 11.1 Å². The van der Waals surface area contributed by atoms with Gasteiger partial charge in [0, 0.05) is 18.8 Å². The molecule has 6 nitrogen and oxygen atoms in total. The first-order valence-electron chi connectivity index (χ1n) is 5.04. The third-order valence-electron chi connectivity index (χ3n) is 2.47. The predicted molar refractivity (Wildman–Crippen MR) is 61.8 cm³/mol. The summed E-state index contributed by atoms with van der Waals surface area (Å²) in [4.78, 5) is 9.92. The number of hydrogen-bond donors (Lipinski definition) is 0. The highest BCUT2D eigenvalue weighted by molar-refractivity contribution is 5.67. The summed E-state index contributed by atoms with van der Waals surface area (Å²) in [5.74, 6) is -1.04. The number of aryl methyl sites for hydroxylation is 1. The van der Waals surface area contributed by atoms with Crippen molar-refractivity contribution in [3.63, 3.8) is 0 Å². The molecule has 0 atom stereocenters. The molecular weight excluding hydrogens is 241 g/mol. The standard InChI is InChI=1S/C11H10FN3O3/c1-14-6-8(5-13-14)7-3-9(12)11(15(16)17)10(4-7)18-2/h3-6H,1-2H3. The van der Waals surface area contributed by atoms with Gasteiger partial charge in [0.05, 0.1) is 18.2 Å². The highest BCUT2D eigenvalue weighted by Crippen LogP contribution is 2.34. The van der Waals surface area contributed by atoms with E-state index in [4.69, 9.17) is 4.74 Å². The van der Waals surface area contributed by atoms with Gasteiger partial charge in [-0.25, -0.2) is 0 Å². The minimum Gasteiger partial charge on any atom is -0.490 e. The number of nitrogens with zero attached hydrogens (tertiary/aromatic N) is 3. The van der Waals surface area contributed by atoms with Gasteiger partial charge < -0.3 is 4.74 Å². The summed E-state index contributed by atoms with van der Waals surface area (Å²) in [6.07, 6.45) is 3.22. The Hall–Kier alpha value is -2.44. The Labute approximate surface area is 102 Å². The third kappa shape index (κ3) is 2.02. The molecule has 18 heavy (non-hydrogen) atoms. The summed E-state index contributed by atoms with van der Waals surface area (Å²) >= 11 is 0. The fourth-order valence-electron chi connectivity index (χ4n) is 1.64. The van der Waals surface area contributed by atoms with Crippen LogP contribution in [-0.2, 0) is 7.05 Å². The molecule has 1 aromatic heterocycles. The lowest BCUT2D eigenvalue weighted by Crippen LogP contribution is -1.97. The number of nitro benzene ring substituents is 1. The number of benzene rings is 1. The van der Waals surface area contributed by atoms with Crippen LogP contribution in [0.4, 0.5) is 10.1 Å². The van der Waals surface area contributed by atoms with E-state index in [1.807, 2.05) is 0 Å². The molecule has 1 aromatic carbocycles. The first-order valence-corrected chi connectivity index (χ1v) is 5.04. The van der Waals surface area contributed by atoms with Crippen molar-refractivity contribution in [3.05, 3.63) is 40.5 Å². The van der Waals surface area contributed by atoms with Gasteiger partial charge in [0.1, 0.15) is 0 Å². The van der Waals surface area contributed by atoms with Gasteiger partial charge in [-0.1, -0.05) is 0 Å². The van der Waals surface area contributed by atoms with Gasteiger partial charge >= 0.3 is 5.69 Å². The lowest BCUT2D eigenvalue weighted by molar-refractivity contribution is -0.388. The largest absolute Gasteiger partial charge is 0.490 e. The van der Waals surface area contributed by atoms with E-state index >= 15 is 0 Å². The molecule has 0 fully saturated rings. The second-order valence-electron chi connectivity index (χ2n) is 3.67. The fraction of sp³-hybridized carbons (Fsp3) is 0.182. The molecule has 0 amide bonds. The SMILES string of the molecule is COc1cc(-c2cnn(C)c2)cc(F)c1[N+](=O)[O-]. The van der Waals surface area contributed by atoms with Gasteiger partial charge in [-0.2, -0.15) is 9.49 Å². The molecule has 0 spiro atoms. The topological polar surface area (TPSA) is 70.2 Å². The van der Waals surface area contributed by atoms with E-state index in [-0.39, 0.29) is 5.75 Å². The van der Waals surface area contributed by atoms with Gasteiger partial charge in [-0.05, 0) is 17.7 Å². The van der Waals surface area contributed by atoms with E-state index in [2.05, 4.69) is 5.10 Å². The average molecular weight is 251 g/mol. The number of rotatable bonds is 3. The Bertz CT molecular complexity index is 610. The van der Waals surface area contributed by atoms with Crippen LogP contribution in [0.15, 0.2) is 24.5 Å². The molecule has 0 saturated carbocycles. The zero-order valence-electron chi connectivity index (χ0n) is 9.75. The molecule has 0 bridgehead atoms. The van der Waals surface area contributed by atoms with Crippen molar-refractivity contribution >= 4 is 5.69 Å². The van der Waals surface area contributed by atoms with Crippen molar-refractivity contribution in [2.24, 2.45) is 7.05 Å². The van der Waals surface area contributed by atoms with Crippen LogP contribution >= 0.6 is 0 Å². The van der Waals surface area contributed by atoms with Crippen molar-refractivity contribution in [1.82, 2.24) is 9.78 Å². The summed E-state index contributed by atoms with van der Waals surface area (Å²) in [7, 11) is 2.98. The molecule has 0 aliphatic carbocycles. The quantitative estimate of drug-likeness (QED) is 0.619. The lowest BCUT2D eigenvalue weighted by Gasteiger charge is -2.05. The van der Waals surface area contributed by atoms with Gasteiger partial charge in [-0.3, -0.25) is 14.8 Å². The molecule has 0 aliphatic heterocycles. The minimum atomic E-state index is -0.932. The third-order valence-corrected chi connectivity index (χ3v) is 2.47. The maximum atomic E-state index is 13.7. The Morgan fingerprint density at radius 3 is 2.67 bits per heavy atom. The molecule has 7 heteroatoms. The van der Waals surface area contributed by atoms with Crippen molar-refractivity contribution in [1.29, 1.82) is 0 Å². The number of methoxy groups -OCH3 is 1. The molecule has 0 unspecified atom stereocenters. The van der Waals surface area contributed by atoms with Gasteiger partial charge in [0.15, 0.2) is 0 Å². The summed E-state index contributed by atoms with van der Waals surface area (Å²) in [5.41, 5.74) is 0.470. The van der Waals surface area contributed by atoms with Gasteiger partial charge in [0.25, 0.3) is 0 Å². The smallest absolute Gasteiger partial charge is 0.346 e. The highest BCUT2D eigenvalue weighted by Gasteiger charge is 2.23. The van der Waals surface area contributed by atoms with Crippen LogP contribution in [0.2, 0.25) is 0 Å². The number of halogens is 1. The maximum Gasteiger partial charge on any atom is 0.346 e. The molecule has 0 radical (unpaired) electrons. The second-order valence-corrected chi connectivity index (χ2v) is 3.67. The average Bonchev–Trinajstić information content (AvgIpc) is 2.74. The number of nitro groups is 1. The number of aromatic nitrogens is 2. The van der Waals surface area contributed by atoms with E-state index < -0.39 is 16.4 Å².